The molecule has 0 spiro atoms. The maximum atomic E-state index is 6.02. The average Bonchev–Trinajstić information content (AvgIpc) is 2.90. The standard InChI is InChI=1S/C15H8Cl2N4/c16-9-6-13-14(7-10(9)17)21-15(20-13)8-1-2-11-12(5-8)19-4-3-18-11/h1-7H,(H,20,21). The van der Waals surface area contributed by atoms with Crippen LogP contribution < -0.4 is 0 Å². The smallest absolute Gasteiger partial charge is 0.138 e. The minimum absolute atomic E-state index is 0.492. The van der Waals surface area contributed by atoms with Crippen molar-refractivity contribution in [1.29, 1.82) is 0 Å². The highest BCUT2D eigenvalue weighted by molar-refractivity contribution is 6.42. The minimum atomic E-state index is 0.492. The van der Waals surface area contributed by atoms with Crippen LogP contribution in [-0.4, -0.2) is 19.9 Å². The van der Waals surface area contributed by atoms with Gasteiger partial charge in [0.15, 0.2) is 0 Å². The summed E-state index contributed by atoms with van der Waals surface area (Å²) < 4.78 is 0. The molecule has 0 aliphatic heterocycles. The Morgan fingerprint density at radius 3 is 2.43 bits per heavy atom. The molecule has 4 nitrogen and oxygen atoms in total. The molecule has 0 fully saturated rings. The molecule has 4 aromatic rings. The van der Waals surface area contributed by atoms with Gasteiger partial charge < -0.3 is 4.98 Å². The maximum absolute atomic E-state index is 6.02. The largest absolute Gasteiger partial charge is 0.338 e. The van der Waals surface area contributed by atoms with E-state index in [0.717, 1.165) is 33.5 Å². The quantitative estimate of drug-likeness (QED) is 0.563. The Kier molecular flexibility index (Phi) is 2.80. The molecular formula is C15H8Cl2N4. The van der Waals surface area contributed by atoms with Crippen LogP contribution in [0.5, 0.6) is 0 Å². The van der Waals surface area contributed by atoms with Crippen LogP contribution in [0.1, 0.15) is 0 Å². The first-order valence-corrected chi connectivity index (χ1v) is 7.02. The number of hydrogen-bond acceptors (Lipinski definition) is 3. The van der Waals surface area contributed by atoms with Crippen LogP contribution in [0.15, 0.2) is 42.7 Å². The van der Waals surface area contributed by atoms with E-state index in [1.807, 2.05) is 18.2 Å². The van der Waals surface area contributed by atoms with Crippen molar-refractivity contribution >= 4 is 45.3 Å². The second-order valence-corrected chi connectivity index (χ2v) is 5.44. The van der Waals surface area contributed by atoms with Crippen molar-refractivity contribution in [3.8, 4) is 11.4 Å². The minimum Gasteiger partial charge on any atom is -0.338 e. The van der Waals surface area contributed by atoms with E-state index < -0.39 is 0 Å². The molecule has 0 atom stereocenters. The van der Waals surface area contributed by atoms with Gasteiger partial charge in [-0.3, -0.25) is 9.97 Å². The average molecular weight is 315 g/mol. The first-order valence-electron chi connectivity index (χ1n) is 6.26. The van der Waals surface area contributed by atoms with E-state index in [1.165, 1.54) is 0 Å². The molecule has 102 valence electrons. The predicted molar refractivity (Wildman–Crippen MR) is 84.6 cm³/mol. The van der Waals surface area contributed by atoms with Crippen LogP contribution in [-0.2, 0) is 0 Å². The molecule has 4 rings (SSSR count). The first kappa shape index (κ1) is 12.6. The fourth-order valence-corrected chi connectivity index (χ4v) is 2.57. The second kappa shape index (κ2) is 4.69. The SMILES string of the molecule is Clc1cc2nc(-c3ccc4nccnc4c3)[nH]c2cc1Cl. The topological polar surface area (TPSA) is 54.5 Å². The zero-order chi connectivity index (χ0) is 14.4. The fourth-order valence-electron chi connectivity index (χ4n) is 2.25. The molecule has 2 aromatic heterocycles. The molecule has 0 saturated carbocycles. The lowest BCUT2D eigenvalue weighted by Crippen LogP contribution is -1.85. The van der Waals surface area contributed by atoms with Crippen LogP contribution in [0, 0.1) is 0 Å². The Bertz CT molecular complexity index is 939. The third-order valence-corrected chi connectivity index (χ3v) is 3.99. The van der Waals surface area contributed by atoms with Gasteiger partial charge in [0.25, 0.3) is 0 Å². The third kappa shape index (κ3) is 2.13. The molecule has 0 aliphatic rings. The number of aromatic nitrogens is 4. The number of imidazole rings is 1. The van der Waals surface area contributed by atoms with Crippen LogP contribution in [0.25, 0.3) is 33.5 Å². The van der Waals surface area contributed by atoms with Crippen molar-refractivity contribution in [3.63, 3.8) is 0 Å². The molecule has 0 saturated heterocycles. The summed E-state index contributed by atoms with van der Waals surface area (Å²) >= 11 is 12.0. The lowest BCUT2D eigenvalue weighted by molar-refractivity contribution is 1.28. The summed E-state index contributed by atoms with van der Waals surface area (Å²) in [5.41, 5.74) is 4.23. The van der Waals surface area contributed by atoms with Crippen molar-refractivity contribution in [3.05, 3.63) is 52.8 Å². The Morgan fingerprint density at radius 2 is 1.57 bits per heavy atom. The first-order chi connectivity index (χ1) is 10.2. The number of H-pyrrole nitrogens is 1. The Hall–Kier alpha value is -2.17. The van der Waals surface area contributed by atoms with Gasteiger partial charge in [0.1, 0.15) is 5.82 Å². The van der Waals surface area contributed by atoms with Crippen molar-refractivity contribution in [1.82, 2.24) is 19.9 Å². The molecule has 0 radical (unpaired) electrons. The molecule has 1 N–H and O–H groups in total. The number of nitrogens with one attached hydrogen (secondary N) is 1. The monoisotopic (exact) mass is 314 g/mol. The van der Waals surface area contributed by atoms with E-state index >= 15 is 0 Å². The summed E-state index contributed by atoms with van der Waals surface area (Å²) in [6.45, 7) is 0. The van der Waals surface area contributed by atoms with Crippen LogP contribution in [0.3, 0.4) is 0 Å². The Morgan fingerprint density at radius 1 is 0.810 bits per heavy atom. The Labute approximate surface area is 129 Å². The molecule has 0 bridgehead atoms. The second-order valence-electron chi connectivity index (χ2n) is 4.63. The van der Waals surface area contributed by atoms with E-state index in [2.05, 4.69) is 19.9 Å². The van der Waals surface area contributed by atoms with Crippen molar-refractivity contribution in [2.75, 3.05) is 0 Å². The van der Waals surface area contributed by atoms with Gasteiger partial charge in [-0.05, 0) is 30.3 Å². The molecule has 2 aromatic carbocycles. The van der Waals surface area contributed by atoms with Crippen molar-refractivity contribution in [2.45, 2.75) is 0 Å². The highest BCUT2D eigenvalue weighted by Gasteiger charge is 2.09. The van der Waals surface area contributed by atoms with Crippen LogP contribution in [0.4, 0.5) is 0 Å². The van der Waals surface area contributed by atoms with Gasteiger partial charge in [-0.2, -0.15) is 0 Å². The number of benzene rings is 2. The number of aromatic amines is 1. The molecule has 0 unspecified atom stereocenters. The van der Waals surface area contributed by atoms with Gasteiger partial charge in [-0.15, -0.1) is 0 Å². The van der Waals surface area contributed by atoms with E-state index in [0.29, 0.717) is 10.0 Å². The highest BCUT2D eigenvalue weighted by atomic mass is 35.5. The molecule has 6 heteroatoms. The summed E-state index contributed by atoms with van der Waals surface area (Å²) in [4.78, 5) is 16.3. The van der Waals surface area contributed by atoms with Gasteiger partial charge in [-0.1, -0.05) is 23.2 Å². The zero-order valence-corrected chi connectivity index (χ0v) is 12.2. The summed E-state index contributed by atoms with van der Waals surface area (Å²) in [6, 6.07) is 9.35. The molecular weight excluding hydrogens is 307 g/mol. The van der Waals surface area contributed by atoms with Crippen LogP contribution >= 0.6 is 23.2 Å². The number of hydrogen-bond donors (Lipinski definition) is 1. The normalized spacial score (nSPS) is 11.3. The van der Waals surface area contributed by atoms with E-state index in [4.69, 9.17) is 23.2 Å². The lowest BCUT2D eigenvalue weighted by Gasteiger charge is -1.99. The third-order valence-electron chi connectivity index (χ3n) is 3.27. The molecule has 0 amide bonds. The van der Waals surface area contributed by atoms with E-state index in [-0.39, 0.29) is 0 Å². The number of nitrogens with zero attached hydrogens (tertiary/aromatic N) is 3. The van der Waals surface area contributed by atoms with Crippen LogP contribution in [0.2, 0.25) is 10.0 Å². The predicted octanol–water partition coefficient (Wildman–Crippen LogP) is 4.48. The highest BCUT2D eigenvalue weighted by Crippen LogP contribution is 2.29. The molecule has 2 heterocycles. The lowest BCUT2D eigenvalue weighted by atomic mass is 10.2. The molecule has 21 heavy (non-hydrogen) atoms. The molecule has 0 aliphatic carbocycles. The van der Waals surface area contributed by atoms with Gasteiger partial charge in [0.2, 0.25) is 0 Å². The van der Waals surface area contributed by atoms with E-state index in [9.17, 15) is 0 Å². The maximum Gasteiger partial charge on any atom is 0.138 e. The number of rotatable bonds is 1. The van der Waals surface area contributed by atoms with Crippen molar-refractivity contribution in [2.24, 2.45) is 0 Å². The van der Waals surface area contributed by atoms with Crippen molar-refractivity contribution < 1.29 is 0 Å². The summed E-state index contributed by atoms with van der Waals surface area (Å²) in [5, 5.41) is 0.996. The Balaban J connectivity index is 1.91. The fraction of sp³-hybridized carbons (Fsp3) is 0. The number of fused-ring (bicyclic) bond motifs is 2. The number of halogens is 2. The zero-order valence-electron chi connectivity index (χ0n) is 10.6. The van der Waals surface area contributed by atoms with Gasteiger partial charge >= 0.3 is 0 Å². The van der Waals surface area contributed by atoms with E-state index in [1.54, 1.807) is 24.5 Å². The summed E-state index contributed by atoms with van der Waals surface area (Å²) in [6.07, 6.45) is 3.34. The van der Waals surface area contributed by atoms with Gasteiger partial charge in [-0.25, -0.2) is 4.98 Å². The van der Waals surface area contributed by atoms with Gasteiger partial charge in [0, 0.05) is 18.0 Å². The summed E-state index contributed by atoms with van der Waals surface area (Å²) in [7, 11) is 0. The summed E-state index contributed by atoms with van der Waals surface area (Å²) in [5.74, 6) is 0.746. The van der Waals surface area contributed by atoms with Gasteiger partial charge in [0.05, 0.1) is 32.1 Å².